The summed E-state index contributed by atoms with van der Waals surface area (Å²) in [6, 6.07) is 4.30. The number of aliphatic hydroxyl groups excluding tert-OH is 1. The Morgan fingerprint density at radius 1 is 1.54 bits per heavy atom. The fourth-order valence-electron chi connectivity index (χ4n) is 3.64. The number of carbonyl (C=O) groups excluding carboxylic acids is 1. The van der Waals surface area contributed by atoms with Crippen molar-refractivity contribution in [3.05, 3.63) is 35.8 Å². The zero-order valence-corrected chi connectivity index (χ0v) is 15.1. The van der Waals surface area contributed by atoms with E-state index < -0.39 is 12.6 Å². The van der Waals surface area contributed by atoms with E-state index >= 15 is 0 Å². The van der Waals surface area contributed by atoms with Crippen molar-refractivity contribution in [1.29, 1.82) is 0 Å². The predicted octanol–water partition coefficient (Wildman–Crippen LogP) is 1.33. The first-order valence-corrected chi connectivity index (χ1v) is 8.86. The van der Waals surface area contributed by atoms with Crippen molar-refractivity contribution in [1.82, 2.24) is 10.3 Å². The van der Waals surface area contributed by atoms with Crippen molar-refractivity contribution in [2.45, 2.75) is 32.4 Å². The topological polar surface area (TPSA) is 91.5 Å². The van der Waals surface area contributed by atoms with Gasteiger partial charge in [0.2, 0.25) is 5.91 Å². The largest absolute Gasteiger partial charge is 0.394 e. The Bertz CT molecular complexity index is 813. The van der Waals surface area contributed by atoms with Crippen molar-refractivity contribution >= 4 is 22.5 Å². The van der Waals surface area contributed by atoms with Crippen LogP contribution in [0.2, 0.25) is 0 Å². The number of nitrogens with zero attached hydrogens (tertiary/aromatic N) is 2. The summed E-state index contributed by atoms with van der Waals surface area (Å²) in [6.07, 6.45) is 2.47. The van der Waals surface area contributed by atoms with Crippen molar-refractivity contribution in [3.8, 4) is 0 Å². The highest BCUT2D eigenvalue weighted by atomic mass is 19.1. The number of amides is 1. The number of piperidine rings is 1. The van der Waals surface area contributed by atoms with Crippen LogP contribution >= 0.6 is 0 Å². The SMILES string of the molecule is Cc1c(F)cc(N2C[C@@H](C)C[C@@H](NC(=O)[C@H](N)CO)C2)c2cccnc12. The molecule has 140 valence electrons. The molecule has 2 aromatic rings. The second-order valence-electron chi connectivity index (χ2n) is 7.14. The van der Waals surface area contributed by atoms with Crippen LogP contribution < -0.4 is 16.0 Å². The number of hydrogen-bond acceptors (Lipinski definition) is 5. The lowest BCUT2D eigenvalue weighted by atomic mass is 9.94. The molecule has 3 rings (SSSR count). The van der Waals surface area contributed by atoms with Crippen molar-refractivity contribution in [2.24, 2.45) is 11.7 Å². The number of carbonyl (C=O) groups is 1. The number of halogens is 1. The zero-order valence-electron chi connectivity index (χ0n) is 15.1. The highest BCUT2D eigenvalue weighted by Gasteiger charge is 2.28. The summed E-state index contributed by atoms with van der Waals surface area (Å²) in [5.74, 6) is -0.337. The predicted molar refractivity (Wildman–Crippen MR) is 99.4 cm³/mol. The van der Waals surface area contributed by atoms with Gasteiger partial charge in [-0.25, -0.2) is 4.39 Å². The number of pyridine rings is 1. The molecule has 0 bridgehead atoms. The lowest BCUT2D eigenvalue weighted by Crippen LogP contribution is -2.54. The molecule has 1 aromatic carbocycles. The number of hydrogen-bond donors (Lipinski definition) is 3. The number of aliphatic hydroxyl groups is 1. The van der Waals surface area contributed by atoms with Gasteiger partial charge >= 0.3 is 0 Å². The van der Waals surface area contributed by atoms with Crippen molar-refractivity contribution in [2.75, 3.05) is 24.6 Å². The van der Waals surface area contributed by atoms with Crippen LogP contribution in [0.1, 0.15) is 18.9 Å². The first kappa shape index (κ1) is 18.5. The number of aromatic nitrogens is 1. The first-order valence-electron chi connectivity index (χ1n) is 8.86. The number of fused-ring (bicyclic) bond motifs is 1. The maximum absolute atomic E-state index is 14.4. The van der Waals surface area contributed by atoms with Gasteiger partial charge < -0.3 is 21.1 Å². The maximum Gasteiger partial charge on any atom is 0.239 e. The van der Waals surface area contributed by atoms with Gasteiger partial charge in [-0.3, -0.25) is 9.78 Å². The minimum atomic E-state index is -0.928. The third-order valence-electron chi connectivity index (χ3n) is 4.94. The number of rotatable bonds is 4. The third-order valence-corrected chi connectivity index (χ3v) is 4.94. The zero-order chi connectivity index (χ0) is 18.8. The number of nitrogens with two attached hydrogens (primary N) is 1. The minimum absolute atomic E-state index is 0.111. The highest BCUT2D eigenvalue weighted by Crippen LogP contribution is 2.32. The van der Waals surface area contributed by atoms with Crippen LogP contribution in [-0.2, 0) is 4.79 Å². The van der Waals surface area contributed by atoms with Gasteiger partial charge in [0.1, 0.15) is 11.9 Å². The Morgan fingerprint density at radius 2 is 2.31 bits per heavy atom. The van der Waals surface area contributed by atoms with Gasteiger partial charge in [-0.05, 0) is 37.5 Å². The molecule has 1 fully saturated rings. The van der Waals surface area contributed by atoms with Gasteiger partial charge in [0.25, 0.3) is 0 Å². The Hall–Kier alpha value is -2.25. The van der Waals surface area contributed by atoms with E-state index in [-0.39, 0.29) is 17.8 Å². The average molecular weight is 360 g/mol. The van der Waals surface area contributed by atoms with Crippen LogP contribution in [0.3, 0.4) is 0 Å². The van der Waals surface area contributed by atoms with Crippen LogP contribution in [0.4, 0.5) is 10.1 Å². The molecule has 0 spiro atoms. The van der Waals surface area contributed by atoms with Crippen molar-refractivity contribution in [3.63, 3.8) is 0 Å². The lowest BCUT2D eigenvalue weighted by Gasteiger charge is -2.39. The molecule has 3 atom stereocenters. The van der Waals surface area contributed by atoms with E-state index in [4.69, 9.17) is 10.8 Å². The smallest absolute Gasteiger partial charge is 0.239 e. The monoisotopic (exact) mass is 360 g/mol. The molecule has 2 heterocycles. The van der Waals surface area contributed by atoms with Crippen LogP contribution in [0.15, 0.2) is 24.4 Å². The molecule has 1 aromatic heterocycles. The van der Waals surface area contributed by atoms with Crippen LogP contribution in [0.5, 0.6) is 0 Å². The molecule has 6 nitrogen and oxygen atoms in total. The summed E-state index contributed by atoms with van der Waals surface area (Å²) in [4.78, 5) is 18.4. The lowest BCUT2D eigenvalue weighted by molar-refractivity contribution is -0.124. The van der Waals surface area contributed by atoms with E-state index in [2.05, 4.69) is 22.1 Å². The van der Waals surface area contributed by atoms with E-state index in [9.17, 15) is 9.18 Å². The Kier molecular flexibility index (Phi) is 5.38. The van der Waals surface area contributed by atoms with E-state index in [1.807, 2.05) is 12.1 Å². The van der Waals surface area contributed by atoms with Gasteiger partial charge in [0.05, 0.1) is 12.1 Å². The molecule has 0 radical (unpaired) electrons. The van der Waals surface area contributed by atoms with Gasteiger partial charge in [-0.1, -0.05) is 6.92 Å². The number of anilines is 1. The van der Waals surface area contributed by atoms with E-state index in [1.54, 1.807) is 19.2 Å². The van der Waals surface area contributed by atoms with Crippen LogP contribution in [0.25, 0.3) is 10.9 Å². The molecular formula is C19H25FN4O2. The molecule has 7 heteroatoms. The molecule has 0 unspecified atom stereocenters. The standard InChI is InChI=1S/C19H25FN4O2/c1-11-6-13(23-19(26)16(21)10-25)9-24(8-11)17-7-15(20)12(2)18-14(17)4-3-5-22-18/h3-5,7,11,13,16,25H,6,8-10,21H2,1-2H3,(H,23,26)/t11-,13+,16+/m0/s1. The van der Waals surface area contributed by atoms with Gasteiger partial charge in [0.15, 0.2) is 0 Å². The normalized spacial score (nSPS) is 21.7. The van der Waals surface area contributed by atoms with Gasteiger partial charge in [-0.15, -0.1) is 0 Å². The first-order chi connectivity index (χ1) is 12.4. The number of aryl methyl sites for hydroxylation is 1. The summed E-state index contributed by atoms with van der Waals surface area (Å²) in [5, 5.41) is 12.8. The molecule has 26 heavy (non-hydrogen) atoms. The maximum atomic E-state index is 14.4. The molecule has 1 aliphatic rings. The minimum Gasteiger partial charge on any atom is -0.394 e. The third kappa shape index (κ3) is 3.64. The summed E-state index contributed by atoms with van der Waals surface area (Å²) < 4.78 is 14.4. The number of benzene rings is 1. The van der Waals surface area contributed by atoms with Crippen molar-refractivity contribution < 1.29 is 14.3 Å². The second-order valence-corrected chi connectivity index (χ2v) is 7.14. The van der Waals surface area contributed by atoms with Gasteiger partial charge in [-0.2, -0.15) is 0 Å². The highest BCUT2D eigenvalue weighted by molar-refractivity contribution is 5.94. The number of nitrogens with one attached hydrogen (secondary N) is 1. The second kappa shape index (κ2) is 7.55. The molecule has 1 saturated heterocycles. The summed E-state index contributed by atoms with van der Waals surface area (Å²) in [5.41, 5.74) is 7.57. The van der Waals surface area contributed by atoms with Gasteiger partial charge in [0, 0.05) is 42.0 Å². The fourth-order valence-corrected chi connectivity index (χ4v) is 3.64. The fraction of sp³-hybridized carbons (Fsp3) is 0.474. The molecule has 0 aliphatic carbocycles. The van der Waals surface area contributed by atoms with Crippen LogP contribution in [-0.4, -0.2) is 47.8 Å². The Labute approximate surface area is 152 Å². The molecule has 4 N–H and O–H groups in total. The Balaban J connectivity index is 1.90. The van der Waals surface area contributed by atoms with Crippen LogP contribution in [0, 0.1) is 18.7 Å². The molecule has 0 saturated carbocycles. The Morgan fingerprint density at radius 3 is 3.04 bits per heavy atom. The molecular weight excluding hydrogens is 335 g/mol. The van der Waals surface area contributed by atoms with E-state index in [1.165, 1.54) is 0 Å². The molecule has 1 amide bonds. The summed E-state index contributed by atoms with van der Waals surface area (Å²) >= 11 is 0. The van der Waals surface area contributed by atoms with E-state index in [0.29, 0.717) is 23.5 Å². The summed E-state index contributed by atoms with van der Waals surface area (Å²) in [6.45, 7) is 4.76. The summed E-state index contributed by atoms with van der Waals surface area (Å²) in [7, 11) is 0. The molecule has 1 aliphatic heterocycles. The average Bonchev–Trinajstić information content (AvgIpc) is 2.63. The quantitative estimate of drug-likeness (QED) is 0.765. The van der Waals surface area contributed by atoms with E-state index in [0.717, 1.165) is 24.0 Å².